The molecule has 0 fully saturated rings. The van der Waals surface area contributed by atoms with E-state index in [9.17, 15) is 0 Å². The van der Waals surface area contributed by atoms with E-state index in [0.717, 1.165) is 32.6 Å². The van der Waals surface area contributed by atoms with E-state index in [2.05, 4.69) is 50.2 Å². The molecule has 122 valence electrons. The number of hydrogen-bond donors (Lipinski definition) is 0. The van der Waals surface area contributed by atoms with Crippen LogP contribution in [-0.2, 0) is 0 Å². The second-order valence-corrected chi connectivity index (χ2v) is 8.21. The van der Waals surface area contributed by atoms with Crippen molar-refractivity contribution >= 4 is 43.1 Å². The van der Waals surface area contributed by atoms with E-state index in [1.165, 1.54) is 20.5 Å². The quantitative estimate of drug-likeness (QED) is 0.362. The van der Waals surface area contributed by atoms with Crippen LogP contribution in [0.2, 0.25) is 0 Å². The van der Waals surface area contributed by atoms with Crippen molar-refractivity contribution in [3.05, 3.63) is 59.7 Å². The number of fused-ring (bicyclic) bond motifs is 2. The highest BCUT2D eigenvalue weighted by molar-refractivity contribution is 7.22. The molecule has 5 rings (SSSR count). The average Bonchev–Trinajstić information content (AvgIpc) is 3.30. The maximum Gasteiger partial charge on any atom is 0.163 e. The lowest BCUT2D eigenvalue weighted by Crippen LogP contribution is -1.74. The van der Waals surface area contributed by atoms with E-state index in [-0.39, 0.29) is 0 Å². The van der Waals surface area contributed by atoms with Crippen LogP contribution in [-0.4, -0.2) is 9.97 Å². The van der Waals surface area contributed by atoms with Crippen LogP contribution in [0.15, 0.2) is 52.9 Å². The Morgan fingerprint density at radius 2 is 1.16 bits per heavy atom. The SMILES string of the molecule is Cc1ccc2sc(-c3ccc(-c4nc5cc(C)ccc5s4)o3)nc2c1. The third-order valence-corrected chi connectivity index (χ3v) is 6.22. The Morgan fingerprint density at radius 1 is 0.680 bits per heavy atom. The van der Waals surface area contributed by atoms with Gasteiger partial charge in [-0.3, -0.25) is 0 Å². The summed E-state index contributed by atoms with van der Waals surface area (Å²) < 4.78 is 8.42. The first-order valence-electron chi connectivity index (χ1n) is 8.01. The van der Waals surface area contributed by atoms with Gasteiger partial charge in [-0.15, -0.1) is 22.7 Å². The zero-order chi connectivity index (χ0) is 17.0. The molecule has 2 aromatic carbocycles. The summed E-state index contributed by atoms with van der Waals surface area (Å²) in [6, 6.07) is 16.6. The van der Waals surface area contributed by atoms with E-state index < -0.39 is 0 Å². The maximum absolute atomic E-state index is 6.07. The minimum Gasteiger partial charge on any atom is -0.451 e. The second-order valence-electron chi connectivity index (χ2n) is 6.14. The van der Waals surface area contributed by atoms with Crippen molar-refractivity contribution in [1.29, 1.82) is 0 Å². The summed E-state index contributed by atoms with van der Waals surface area (Å²) in [5.41, 5.74) is 4.48. The monoisotopic (exact) mass is 362 g/mol. The van der Waals surface area contributed by atoms with Gasteiger partial charge in [0.1, 0.15) is 0 Å². The molecule has 0 atom stereocenters. The molecule has 3 nitrogen and oxygen atoms in total. The van der Waals surface area contributed by atoms with Crippen LogP contribution in [0.25, 0.3) is 42.0 Å². The summed E-state index contributed by atoms with van der Waals surface area (Å²) >= 11 is 3.31. The molecule has 0 radical (unpaired) electrons. The van der Waals surface area contributed by atoms with Gasteiger partial charge >= 0.3 is 0 Å². The zero-order valence-corrected chi connectivity index (χ0v) is 15.4. The summed E-state index contributed by atoms with van der Waals surface area (Å²) in [4.78, 5) is 9.43. The third kappa shape index (κ3) is 2.56. The first-order valence-corrected chi connectivity index (χ1v) is 9.64. The predicted octanol–water partition coefficient (Wildman–Crippen LogP) is 6.45. The predicted molar refractivity (Wildman–Crippen MR) is 105 cm³/mol. The molecular weight excluding hydrogens is 348 g/mol. The lowest BCUT2D eigenvalue weighted by atomic mass is 10.2. The van der Waals surface area contributed by atoms with Gasteiger partial charge in [0.05, 0.1) is 20.4 Å². The Labute approximate surface area is 152 Å². The van der Waals surface area contributed by atoms with Crippen LogP contribution < -0.4 is 0 Å². The van der Waals surface area contributed by atoms with Crippen LogP contribution in [0.5, 0.6) is 0 Å². The van der Waals surface area contributed by atoms with Crippen molar-refractivity contribution in [2.75, 3.05) is 0 Å². The van der Waals surface area contributed by atoms with E-state index in [1.807, 2.05) is 12.1 Å². The van der Waals surface area contributed by atoms with Crippen molar-refractivity contribution < 1.29 is 4.42 Å². The first kappa shape index (κ1) is 14.8. The van der Waals surface area contributed by atoms with Gasteiger partial charge in [-0.1, -0.05) is 12.1 Å². The molecule has 3 heterocycles. The molecule has 5 heteroatoms. The van der Waals surface area contributed by atoms with Crippen LogP contribution in [0.4, 0.5) is 0 Å². The average molecular weight is 362 g/mol. The number of hydrogen-bond acceptors (Lipinski definition) is 5. The van der Waals surface area contributed by atoms with Crippen molar-refractivity contribution in [3.8, 4) is 21.5 Å². The maximum atomic E-state index is 6.07. The highest BCUT2D eigenvalue weighted by Crippen LogP contribution is 2.36. The molecule has 0 bridgehead atoms. The van der Waals surface area contributed by atoms with E-state index >= 15 is 0 Å². The third-order valence-electron chi connectivity index (χ3n) is 4.11. The Kier molecular flexibility index (Phi) is 3.26. The van der Waals surface area contributed by atoms with Gasteiger partial charge in [0.15, 0.2) is 21.5 Å². The van der Waals surface area contributed by atoms with Crippen LogP contribution >= 0.6 is 22.7 Å². The number of rotatable bonds is 2. The summed E-state index contributed by atoms with van der Waals surface area (Å²) in [5, 5.41) is 1.81. The van der Waals surface area contributed by atoms with Crippen LogP contribution in [0, 0.1) is 13.8 Å². The molecule has 0 aliphatic heterocycles. The van der Waals surface area contributed by atoms with Gasteiger partial charge < -0.3 is 4.42 Å². The largest absolute Gasteiger partial charge is 0.451 e. The number of furan rings is 1. The topological polar surface area (TPSA) is 38.9 Å². The number of aryl methyl sites for hydroxylation is 2. The highest BCUT2D eigenvalue weighted by atomic mass is 32.1. The minimum atomic E-state index is 0.796. The van der Waals surface area contributed by atoms with Gasteiger partial charge in [-0.25, -0.2) is 9.97 Å². The highest BCUT2D eigenvalue weighted by Gasteiger charge is 2.14. The van der Waals surface area contributed by atoms with Gasteiger partial charge in [0.2, 0.25) is 0 Å². The van der Waals surface area contributed by atoms with E-state index in [1.54, 1.807) is 22.7 Å². The number of benzene rings is 2. The molecule has 0 amide bonds. The Balaban J connectivity index is 1.56. The molecular formula is C20H14N2OS2. The molecule has 0 saturated carbocycles. The van der Waals surface area contributed by atoms with Gasteiger partial charge in [-0.2, -0.15) is 0 Å². The summed E-state index contributed by atoms with van der Waals surface area (Å²) in [6.07, 6.45) is 0. The Bertz CT molecular complexity index is 1130. The van der Waals surface area contributed by atoms with Crippen LogP contribution in [0.1, 0.15) is 11.1 Å². The first-order chi connectivity index (χ1) is 12.2. The second kappa shape index (κ2) is 5.51. The Hall–Kier alpha value is -2.50. The van der Waals surface area contributed by atoms with Crippen LogP contribution in [0.3, 0.4) is 0 Å². The lowest BCUT2D eigenvalue weighted by Gasteiger charge is -1.90. The van der Waals surface area contributed by atoms with Crippen molar-refractivity contribution in [3.63, 3.8) is 0 Å². The number of thiazole rings is 2. The van der Waals surface area contributed by atoms with Gasteiger partial charge in [-0.05, 0) is 61.4 Å². The summed E-state index contributed by atoms with van der Waals surface area (Å²) in [5.74, 6) is 1.59. The standard InChI is InChI=1S/C20H14N2OS2/c1-11-3-7-17-13(9-11)21-19(24-17)15-5-6-16(23-15)20-22-14-10-12(2)4-8-18(14)25-20/h3-10H,1-2H3. The minimum absolute atomic E-state index is 0.796. The number of aromatic nitrogens is 2. The molecule has 0 aliphatic rings. The summed E-state index contributed by atoms with van der Waals surface area (Å²) in [7, 11) is 0. The fourth-order valence-corrected chi connectivity index (χ4v) is 4.67. The van der Waals surface area contributed by atoms with E-state index in [4.69, 9.17) is 14.4 Å². The lowest BCUT2D eigenvalue weighted by molar-refractivity contribution is 0.596. The van der Waals surface area contributed by atoms with E-state index in [0.29, 0.717) is 0 Å². The Morgan fingerprint density at radius 3 is 1.64 bits per heavy atom. The zero-order valence-electron chi connectivity index (χ0n) is 13.7. The smallest absolute Gasteiger partial charge is 0.163 e. The van der Waals surface area contributed by atoms with Crippen molar-refractivity contribution in [2.45, 2.75) is 13.8 Å². The summed E-state index contributed by atoms with van der Waals surface area (Å²) in [6.45, 7) is 4.16. The fourth-order valence-electron chi connectivity index (χ4n) is 2.85. The molecule has 3 aromatic heterocycles. The molecule has 5 aromatic rings. The normalized spacial score (nSPS) is 11.6. The van der Waals surface area contributed by atoms with Crippen molar-refractivity contribution in [2.24, 2.45) is 0 Å². The van der Waals surface area contributed by atoms with Crippen molar-refractivity contribution in [1.82, 2.24) is 9.97 Å². The van der Waals surface area contributed by atoms with Gasteiger partial charge in [0.25, 0.3) is 0 Å². The fraction of sp³-hybridized carbons (Fsp3) is 0.100. The molecule has 0 saturated heterocycles. The molecule has 0 spiro atoms. The van der Waals surface area contributed by atoms with Gasteiger partial charge in [0, 0.05) is 0 Å². The molecule has 0 unspecified atom stereocenters. The molecule has 25 heavy (non-hydrogen) atoms. The number of nitrogens with zero attached hydrogens (tertiary/aromatic N) is 2. The molecule has 0 N–H and O–H groups in total. The molecule has 0 aliphatic carbocycles.